The van der Waals surface area contributed by atoms with Crippen molar-refractivity contribution >= 4 is 10.8 Å². The molecule has 20 heavy (non-hydrogen) atoms. The normalized spacial score (nSPS) is 17.4. The van der Waals surface area contributed by atoms with Gasteiger partial charge < -0.3 is 5.11 Å². The van der Waals surface area contributed by atoms with E-state index >= 15 is 0 Å². The molecule has 1 aliphatic carbocycles. The van der Waals surface area contributed by atoms with Gasteiger partial charge in [0.15, 0.2) is 0 Å². The van der Waals surface area contributed by atoms with Crippen LogP contribution in [0.2, 0.25) is 0 Å². The topological polar surface area (TPSA) is 20.2 Å². The highest BCUT2D eigenvalue weighted by molar-refractivity contribution is 5.87. The van der Waals surface area contributed by atoms with E-state index in [0.717, 1.165) is 24.0 Å². The lowest BCUT2D eigenvalue weighted by atomic mass is 9.92. The summed E-state index contributed by atoms with van der Waals surface area (Å²) in [5.74, 6) is 0. The summed E-state index contributed by atoms with van der Waals surface area (Å²) >= 11 is 0. The standard InChI is InChI=1S/C19H16O/c20-19-17-8-4-2-6-14(17)10-12-15-11-9-13-5-1-3-7-16(13)18(15)19/h1-9,11,19-20H,10,12H2/t19-/m0/s1. The molecule has 0 unspecified atom stereocenters. The van der Waals surface area contributed by atoms with Crippen LogP contribution in [0.4, 0.5) is 0 Å². The van der Waals surface area contributed by atoms with Gasteiger partial charge in [-0.25, -0.2) is 0 Å². The van der Waals surface area contributed by atoms with E-state index in [1.54, 1.807) is 0 Å². The monoisotopic (exact) mass is 260 g/mol. The van der Waals surface area contributed by atoms with Gasteiger partial charge >= 0.3 is 0 Å². The molecule has 0 saturated heterocycles. The Morgan fingerprint density at radius 2 is 1.50 bits per heavy atom. The summed E-state index contributed by atoms with van der Waals surface area (Å²) in [6.45, 7) is 0. The van der Waals surface area contributed by atoms with Crippen molar-refractivity contribution in [2.24, 2.45) is 0 Å². The molecule has 0 spiro atoms. The van der Waals surface area contributed by atoms with E-state index in [-0.39, 0.29) is 0 Å². The van der Waals surface area contributed by atoms with Gasteiger partial charge in [-0.15, -0.1) is 0 Å². The van der Waals surface area contributed by atoms with Gasteiger partial charge in [0.2, 0.25) is 0 Å². The van der Waals surface area contributed by atoms with E-state index in [4.69, 9.17) is 0 Å². The molecule has 0 heterocycles. The van der Waals surface area contributed by atoms with E-state index < -0.39 is 6.10 Å². The minimum absolute atomic E-state index is 0.519. The van der Waals surface area contributed by atoms with Crippen LogP contribution in [0.15, 0.2) is 60.7 Å². The van der Waals surface area contributed by atoms with Crippen molar-refractivity contribution in [3.63, 3.8) is 0 Å². The van der Waals surface area contributed by atoms with E-state index in [2.05, 4.69) is 42.5 Å². The maximum absolute atomic E-state index is 10.9. The molecule has 98 valence electrons. The Kier molecular flexibility index (Phi) is 2.61. The molecule has 0 aromatic heterocycles. The molecule has 1 atom stereocenters. The molecule has 1 heteroatoms. The molecule has 0 radical (unpaired) electrons. The van der Waals surface area contributed by atoms with Gasteiger partial charge in [0.25, 0.3) is 0 Å². The third kappa shape index (κ3) is 1.67. The summed E-state index contributed by atoms with van der Waals surface area (Å²) in [5.41, 5.74) is 4.68. The van der Waals surface area contributed by atoms with Crippen LogP contribution in [0.3, 0.4) is 0 Å². The molecule has 0 amide bonds. The first-order valence-corrected chi connectivity index (χ1v) is 7.11. The van der Waals surface area contributed by atoms with Crippen LogP contribution in [0, 0.1) is 0 Å². The van der Waals surface area contributed by atoms with Crippen LogP contribution in [-0.4, -0.2) is 5.11 Å². The predicted octanol–water partition coefficient (Wildman–Crippen LogP) is 4.02. The lowest BCUT2D eigenvalue weighted by molar-refractivity contribution is 0.221. The SMILES string of the molecule is O[C@H]1c2ccccc2CCc2ccc3ccccc3c21. The van der Waals surface area contributed by atoms with E-state index in [1.165, 1.54) is 21.9 Å². The number of aryl methyl sites for hydroxylation is 2. The fourth-order valence-electron chi connectivity index (χ4n) is 3.34. The van der Waals surface area contributed by atoms with Crippen LogP contribution in [0.5, 0.6) is 0 Å². The fraction of sp³-hybridized carbons (Fsp3) is 0.158. The molecule has 0 bridgehead atoms. The highest BCUT2D eigenvalue weighted by atomic mass is 16.3. The first-order valence-electron chi connectivity index (χ1n) is 7.11. The summed E-state index contributed by atoms with van der Waals surface area (Å²) in [6.07, 6.45) is 1.47. The molecule has 3 aromatic carbocycles. The second-order valence-corrected chi connectivity index (χ2v) is 5.46. The molecule has 0 aliphatic heterocycles. The van der Waals surface area contributed by atoms with Crippen LogP contribution in [0.1, 0.15) is 28.4 Å². The highest BCUT2D eigenvalue weighted by Gasteiger charge is 2.23. The first-order chi connectivity index (χ1) is 9.84. The largest absolute Gasteiger partial charge is 0.384 e. The minimum atomic E-state index is -0.519. The summed E-state index contributed by atoms with van der Waals surface area (Å²) in [4.78, 5) is 0. The summed E-state index contributed by atoms with van der Waals surface area (Å²) in [7, 11) is 0. The number of aliphatic hydroxyl groups is 1. The van der Waals surface area contributed by atoms with Gasteiger partial charge in [0.05, 0.1) is 0 Å². The van der Waals surface area contributed by atoms with Crippen molar-refractivity contribution in [2.45, 2.75) is 18.9 Å². The zero-order valence-electron chi connectivity index (χ0n) is 11.2. The lowest BCUT2D eigenvalue weighted by Crippen LogP contribution is -2.03. The molecule has 1 aliphatic rings. The lowest BCUT2D eigenvalue weighted by Gasteiger charge is -2.17. The Balaban J connectivity index is 2.03. The molecule has 1 nitrogen and oxygen atoms in total. The molecule has 4 rings (SSSR count). The quantitative estimate of drug-likeness (QED) is 0.647. The van der Waals surface area contributed by atoms with E-state index in [0.29, 0.717) is 0 Å². The van der Waals surface area contributed by atoms with Crippen molar-refractivity contribution in [3.05, 3.63) is 82.9 Å². The van der Waals surface area contributed by atoms with Gasteiger partial charge in [-0.3, -0.25) is 0 Å². The minimum Gasteiger partial charge on any atom is -0.384 e. The van der Waals surface area contributed by atoms with Gasteiger partial charge in [0, 0.05) is 0 Å². The maximum Gasteiger partial charge on any atom is 0.105 e. The molecule has 3 aromatic rings. The van der Waals surface area contributed by atoms with Crippen molar-refractivity contribution in [1.82, 2.24) is 0 Å². The van der Waals surface area contributed by atoms with Gasteiger partial charge in [-0.2, -0.15) is 0 Å². The number of hydrogen-bond donors (Lipinski definition) is 1. The van der Waals surface area contributed by atoms with Crippen LogP contribution < -0.4 is 0 Å². The highest BCUT2D eigenvalue weighted by Crippen LogP contribution is 2.36. The Morgan fingerprint density at radius 1 is 0.750 bits per heavy atom. The molecule has 0 fully saturated rings. The number of benzene rings is 3. The molecular formula is C19H16O. The number of hydrogen-bond acceptors (Lipinski definition) is 1. The number of fused-ring (bicyclic) bond motifs is 4. The third-order valence-electron chi connectivity index (χ3n) is 4.35. The first kappa shape index (κ1) is 11.7. The molecule has 0 saturated carbocycles. The smallest absolute Gasteiger partial charge is 0.105 e. The van der Waals surface area contributed by atoms with Crippen molar-refractivity contribution in [3.8, 4) is 0 Å². The van der Waals surface area contributed by atoms with Crippen LogP contribution in [0.25, 0.3) is 10.8 Å². The van der Waals surface area contributed by atoms with Crippen molar-refractivity contribution < 1.29 is 5.11 Å². The Bertz CT molecular complexity index is 789. The maximum atomic E-state index is 10.9. The van der Waals surface area contributed by atoms with E-state index in [9.17, 15) is 5.11 Å². The summed E-state index contributed by atoms with van der Waals surface area (Å²) in [5, 5.41) is 13.3. The zero-order valence-corrected chi connectivity index (χ0v) is 11.2. The average Bonchev–Trinajstić information content (AvgIpc) is 2.65. The fourth-order valence-corrected chi connectivity index (χ4v) is 3.34. The number of aliphatic hydroxyl groups excluding tert-OH is 1. The van der Waals surface area contributed by atoms with Gasteiger partial charge in [-0.1, -0.05) is 60.7 Å². The van der Waals surface area contributed by atoms with Crippen LogP contribution >= 0.6 is 0 Å². The second-order valence-electron chi connectivity index (χ2n) is 5.46. The second kappa shape index (κ2) is 4.46. The molecular weight excluding hydrogens is 244 g/mol. The predicted molar refractivity (Wildman–Crippen MR) is 81.9 cm³/mol. The Hall–Kier alpha value is -2.12. The van der Waals surface area contributed by atoms with Crippen LogP contribution in [-0.2, 0) is 12.8 Å². The Labute approximate surface area is 118 Å². The number of rotatable bonds is 0. The van der Waals surface area contributed by atoms with E-state index in [1.807, 2.05) is 18.2 Å². The van der Waals surface area contributed by atoms with Crippen molar-refractivity contribution in [2.75, 3.05) is 0 Å². The average molecular weight is 260 g/mol. The third-order valence-corrected chi connectivity index (χ3v) is 4.35. The van der Waals surface area contributed by atoms with Gasteiger partial charge in [0.1, 0.15) is 6.10 Å². The summed E-state index contributed by atoms with van der Waals surface area (Å²) < 4.78 is 0. The van der Waals surface area contributed by atoms with Gasteiger partial charge in [-0.05, 0) is 45.9 Å². The zero-order chi connectivity index (χ0) is 13.5. The van der Waals surface area contributed by atoms with Crippen molar-refractivity contribution in [1.29, 1.82) is 0 Å². The molecule has 1 N–H and O–H groups in total. The summed E-state index contributed by atoms with van der Waals surface area (Å²) in [6, 6.07) is 20.9. The Morgan fingerprint density at radius 3 is 2.45 bits per heavy atom.